The largest absolute Gasteiger partial charge is 0.329 e. The molecule has 3 aliphatic rings. The van der Waals surface area contributed by atoms with Gasteiger partial charge in [0.1, 0.15) is 6.04 Å². The van der Waals surface area contributed by atoms with E-state index in [1.165, 1.54) is 37.7 Å². The number of carbonyl (C=O) groups is 2. The summed E-state index contributed by atoms with van der Waals surface area (Å²) in [5, 5.41) is 2.36. The standard InChI is InChI=1S/C24H33N5O3/c1-26-21-15-17(16-27-11-13-28(14-12-27)18-5-3-2-4-6-18)7-8-19(21)29(24(26)32)20-9-10-22(30)25-23(20)31/h7-8,15,18,20H,2-6,9-14,16H2,1H3,(H,25,30,31). The minimum atomic E-state index is -0.636. The van der Waals surface area contributed by atoms with Crippen LogP contribution in [0.15, 0.2) is 23.0 Å². The molecule has 2 saturated heterocycles. The van der Waals surface area contributed by atoms with E-state index in [-0.39, 0.29) is 18.0 Å². The fraction of sp³-hybridized carbons (Fsp3) is 0.625. The van der Waals surface area contributed by atoms with E-state index in [0.717, 1.165) is 49.8 Å². The van der Waals surface area contributed by atoms with Crippen molar-refractivity contribution in [2.75, 3.05) is 26.2 Å². The Morgan fingerprint density at radius 1 is 0.938 bits per heavy atom. The second-order valence-corrected chi connectivity index (χ2v) is 9.61. The van der Waals surface area contributed by atoms with Crippen molar-refractivity contribution in [1.82, 2.24) is 24.3 Å². The Morgan fingerprint density at radius 3 is 2.41 bits per heavy atom. The maximum atomic E-state index is 12.9. The minimum absolute atomic E-state index is 0.215. The zero-order chi connectivity index (χ0) is 22.2. The molecule has 32 heavy (non-hydrogen) atoms. The maximum Gasteiger partial charge on any atom is 0.329 e. The first-order valence-corrected chi connectivity index (χ1v) is 12.0. The number of aromatic nitrogens is 2. The summed E-state index contributed by atoms with van der Waals surface area (Å²) in [4.78, 5) is 42.0. The number of hydrogen-bond acceptors (Lipinski definition) is 5. The van der Waals surface area contributed by atoms with Gasteiger partial charge in [0, 0.05) is 52.2 Å². The van der Waals surface area contributed by atoms with Gasteiger partial charge in [-0.15, -0.1) is 0 Å². The van der Waals surface area contributed by atoms with E-state index in [0.29, 0.717) is 6.42 Å². The number of hydrogen-bond donors (Lipinski definition) is 1. The zero-order valence-corrected chi connectivity index (χ0v) is 18.9. The number of amides is 2. The van der Waals surface area contributed by atoms with Crippen molar-refractivity contribution in [2.24, 2.45) is 7.05 Å². The Morgan fingerprint density at radius 2 is 1.69 bits per heavy atom. The molecule has 1 aromatic heterocycles. The molecule has 172 valence electrons. The number of rotatable bonds is 4. The molecule has 1 unspecified atom stereocenters. The molecule has 8 heteroatoms. The van der Waals surface area contributed by atoms with Crippen LogP contribution in [0.5, 0.6) is 0 Å². The number of imide groups is 1. The molecule has 8 nitrogen and oxygen atoms in total. The molecule has 5 rings (SSSR count). The number of aryl methyl sites for hydroxylation is 1. The Labute approximate surface area is 188 Å². The summed E-state index contributed by atoms with van der Waals surface area (Å²) in [5.74, 6) is -0.666. The van der Waals surface area contributed by atoms with Crippen LogP contribution in [0.25, 0.3) is 11.0 Å². The average Bonchev–Trinajstić information content (AvgIpc) is 3.05. The van der Waals surface area contributed by atoms with Gasteiger partial charge < -0.3 is 0 Å². The van der Waals surface area contributed by atoms with Crippen LogP contribution in [0.4, 0.5) is 0 Å². The van der Waals surface area contributed by atoms with Gasteiger partial charge in [-0.05, 0) is 37.0 Å². The van der Waals surface area contributed by atoms with Gasteiger partial charge in [0.2, 0.25) is 11.8 Å². The van der Waals surface area contributed by atoms with E-state index in [1.807, 2.05) is 6.07 Å². The van der Waals surface area contributed by atoms with Gasteiger partial charge in [-0.1, -0.05) is 25.3 Å². The van der Waals surface area contributed by atoms with Crippen molar-refractivity contribution in [2.45, 2.75) is 63.6 Å². The molecular weight excluding hydrogens is 406 g/mol. The summed E-state index contributed by atoms with van der Waals surface area (Å²) in [7, 11) is 1.75. The van der Waals surface area contributed by atoms with E-state index >= 15 is 0 Å². The highest BCUT2D eigenvalue weighted by Crippen LogP contribution is 2.26. The highest BCUT2D eigenvalue weighted by Gasteiger charge is 2.31. The Kier molecular flexibility index (Phi) is 5.90. The Bertz CT molecular complexity index is 1070. The van der Waals surface area contributed by atoms with Crippen molar-refractivity contribution in [1.29, 1.82) is 0 Å². The first-order valence-electron chi connectivity index (χ1n) is 12.0. The molecule has 2 aliphatic heterocycles. The van der Waals surface area contributed by atoms with Crippen LogP contribution in [0, 0.1) is 0 Å². The number of imidazole rings is 1. The lowest BCUT2D eigenvalue weighted by atomic mass is 9.94. The van der Waals surface area contributed by atoms with E-state index in [1.54, 1.807) is 16.2 Å². The molecule has 3 heterocycles. The highest BCUT2D eigenvalue weighted by atomic mass is 16.2. The van der Waals surface area contributed by atoms with Gasteiger partial charge in [-0.25, -0.2) is 4.79 Å². The normalized spacial score (nSPS) is 24.2. The number of carbonyl (C=O) groups excluding carboxylic acids is 2. The summed E-state index contributed by atoms with van der Waals surface area (Å²) >= 11 is 0. The number of piperazine rings is 1. The first kappa shape index (κ1) is 21.4. The molecule has 2 amide bonds. The van der Waals surface area contributed by atoms with Crippen LogP contribution in [-0.4, -0.2) is 63.0 Å². The quantitative estimate of drug-likeness (QED) is 0.735. The lowest BCUT2D eigenvalue weighted by molar-refractivity contribution is -0.135. The molecule has 3 fully saturated rings. The van der Waals surface area contributed by atoms with Crippen molar-refractivity contribution >= 4 is 22.8 Å². The Hall–Kier alpha value is -2.45. The molecule has 1 saturated carbocycles. The summed E-state index contributed by atoms with van der Waals surface area (Å²) < 4.78 is 3.16. The fourth-order valence-electron chi connectivity index (χ4n) is 5.73. The smallest absolute Gasteiger partial charge is 0.298 e. The van der Waals surface area contributed by atoms with Gasteiger partial charge in [0.15, 0.2) is 0 Å². The number of piperidine rings is 1. The van der Waals surface area contributed by atoms with Gasteiger partial charge in [-0.2, -0.15) is 0 Å². The third-order valence-electron chi connectivity index (χ3n) is 7.58. The summed E-state index contributed by atoms with van der Waals surface area (Å²) in [6.45, 7) is 5.29. The number of benzene rings is 1. The minimum Gasteiger partial charge on any atom is -0.298 e. The van der Waals surface area contributed by atoms with Crippen LogP contribution < -0.4 is 11.0 Å². The highest BCUT2D eigenvalue weighted by molar-refractivity contribution is 6.00. The van der Waals surface area contributed by atoms with E-state index in [2.05, 4.69) is 27.2 Å². The van der Waals surface area contributed by atoms with E-state index < -0.39 is 11.9 Å². The lowest BCUT2D eigenvalue weighted by Gasteiger charge is -2.40. The molecule has 0 spiro atoms. The molecule has 0 radical (unpaired) electrons. The Balaban J connectivity index is 1.30. The third kappa shape index (κ3) is 4.01. The van der Waals surface area contributed by atoms with Crippen LogP contribution in [0.3, 0.4) is 0 Å². The van der Waals surface area contributed by atoms with Crippen LogP contribution in [0.2, 0.25) is 0 Å². The van der Waals surface area contributed by atoms with Gasteiger partial charge in [0.25, 0.3) is 0 Å². The average molecular weight is 440 g/mol. The molecule has 0 bridgehead atoms. The SMILES string of the molecule is Cn1c(=O)n(C2CCC(=O)NC2=O)c2ccc(CN3CCN(C4CCCCC4)CC3)cc21. The molecule has 2 aromatic rings. The van der Waals surface area contributed by atoms with Crippen molar-refractivity contribution in [3.63, 3.8) is 0 Å². The lowest BCUT2D eigenvalue weighted by Crippen LogP contribution is -2.50. The van der Waals surface area contributed by atoms with Crippen LogP contribution in [-0.2, 0) is 23.2 Å². The second-order valence-electron chi connectivity index (χ2n) is 9.61. The predicted molar refractivity (Wildman–Crippen MR) is 122 cm³/mol. The number of fused-ring (bicyclic) bond motifs is 1. The number of nitrogens with zero attached hydrogens (tertiary/aromatic N) is 4. The summed E-state index contributed by atoms with van der Waals surface area (Å²) in [5.41, 5.74) is 2.54. The van der Waals surface area contributed by atoms with Crippen LogP contribution in [0.1, 0.15) is 56.6 Å². The summed E-state index contributed by atoms with van der Waals surface area (Å²) in [6, 6.07) is 6.24. The molecular formula is C24H33N5O3. The topological polar surface area (TPSA) is 79.6 Å². The first-order chi connectivity index (χ1) is 15.5. The third-order valence-corrected chi connectivity index (χ3v) is 7.58. The van der Waals surface area contributed by atoms with Gasteiger partial charge >= 0.3 is 5.69 Å². The maximum absolute atomic E-state index is 12.9. The zero-order valence-electron chi connectivity index (χ0n) is 18.9. The molecule has 1 aliphatic carbocycles. The van der Waals surface area contributed by atoms with Gasteiger partial charge in [0.05, 0.1) is 11.0 Å². The second kappa shape index (κ2) is 8.83. The van der Waals surface area contributed by atoms with Crippen molar-refractivity contribution < 1.29 is 9.59 Å². The molecule has 1 atom stereocenters. The van der Waals surface area contributed by atoms with Crippen LogP contribution >= 0.6 is 0 Å². The van der Waals surface area contributed by atoms with Crippen molar-refractivity contribution in [3.8, 4) is 0 Å². The van der Waals surface area contributed by atoms with E-state index in [4.69, 9.17) is 0 Å². The van der Waals surface area contributed by atoms with Crippen molar-refractivity contribution in [3.05, 3.63) is 34.2 Å². The predicted octanol–water partition coefficient (Wildman–Crippen LogP) is 1.77. The monoisotopic (exact) mass is 439 g/mol. The molecule has 1 aromatic carbocycles. The molecule has 1 N–H and O–H groups in total. The van der Waals surface area contributed by atoms with E-state index in [9.17, 15) is 14.4 Å². The summed E-state index contributed by atoms with van der Waals surface area (Å²) in [6.07, 6.45) is 7.47. The van der Waals surface area contributed by atoms with Gasteiger partial charge in [-0.3, -0.25) is 33.8 Å². The number of nitrogens with one attached hydrogen (secondary N) is 1. The fourth-order valence-corrected chi connectivity index (χ4v) is 5.73.